The van der Waals surface area contributed by atoms with E-state index < -0.39 is 0 Å². The molecular weight excluding hydrogens is 318 g/mol. The van der Waals surface area contributed by atoms with Gasteiger partial charge in [0.05, 0.1) is 18.4 Å². The van der Waals surface area contributed by atoms with E-state index in [0.29, 0.717) is 29.5 Å². The second-order valence-electron chi connectivity index (χ2n) is 7.07. The van der Waals surface area contributed by atoms with Gasteiger partial charge in [0.25, 0.3) is 0 Å². The van der Waals surface area contributed by atoms with Gasteiger partial charge in [0, 0.05) is 19.2 Å². The number of hydrogen-bond donors (Lipinski definition) is 3. The van der Waals surface area contributed by atoms with Crippen molar-refractivity contribution < 1.29 is 9.84 Å². The molecule has 7 nitrogen and oxygen atoms in total. The molecule has 3 rings (SSSR count). The first-order valence-electron chi connectivity index (χ1n) is 9.19. The van der Waals surface area contributed by atoms with Gasteiger partial charge in [-0.25, -0.2) is 4.98 Å². The molecule has 0 aliphatic heterocycles. The maximum absolute atomic E-state index is 9.63. The van der Waals surface area contributed by atoms with Gasteiger partial charge in [0.15, 0.2) is 0 Å². The monoisotopic (exact) mass is 345 g/mol. The summed E-state index contributed by atoms with van der Waals surface area (Å²) in [7, 11) is 1.77. The number of nitrogens with zero attached hydrogens (tertiary/aromatic N) is 3. The maximum atomic E-state index is 9.63. The van der Waals surface area contributed by atoms with Crippen LogP contribution in [-0.4, -0.2) is 46.5 Å². The van der Waals surface area contributed by atoms with Gasteiger partial charge in [-0.05, 0) is 51.4 Å². The van der Waals surface area contributed by atoms with Crippen molar-refractivity contribution in [3.8, 4) is 6.07 Å². The molecule has 2 saturated carbocycles. The molecular formula is C18H27N5O2. The molecule has 0 amide bonds. The van der Waals surface area contributed by atoms with Crippen molar-refractivity contribution in [1.29, 1.82) is 5.26 Å². The number of nitrogens with one attached hydrogen (secondary N) is 2. The van der Waals surface area contributed by atoms with Crippen LogP contribution in [0.2, 0.25) is 0 Å². The molecule has 7 heteroatoms. The lowest BCUT2D eigenvalue weighted by Crippen LogP contribution is -2.31. The second kappa shape index (κ2) is 8.45. The van der Waals surface area contributed by atoms with Gasteiger partial charge >= 0.3 is 0 Å². The van der Waals surface area contributed by atoms with Crippen molar-refractivity contribution in [3.63, 3.8) is 0 Å². The van der Waals surface area contributed by atoms with Crippen molar-refractivity contribution in [2.45, 2.75) is 75.7 Å². The van der Waals surface area contributed by atoms with E-state index in [-0.39, 0.29) is 12.1 Å². The van der Waals surface area contributed by atoms with Crippen LogP contribution in [0, 0.1) is 11.3 Å². The highest BCUT2D eigenvalue weighted by Gasteiger charge is 2.23. The van der Waals surface area contributed by atoms with Gasteiger partial charge in [-0.2, -0.15) is 10.2 Å². The Bertz CT molecular complexity index is 602. The van der Waals surface area contributed by atoms with Crippen molar-refractivity contribution in [2.75, 3.05) is 17.7 Å². The van der Waals surface area contributed by atoms with Crippen LogP contribution in [0.3, 0.4) is 0 Å². The number of anilines is 2. The van der Waals surface area contributed by atoms with Gasteiger partial charge in [-0.3, -0.25) is 0 Å². The first-order chi connectivity index (χ1) is 12.2. The molecule has 0 atom stereocenters. The lowest BCUT2D eigenvalue weighted by Gasteiger charge is -2.29. The van der Waals surface area contributed by atoms with E-state index in [2.05, 4.69) is 26.7 Å². The van der Waals surface area contributed by atoms with E-state index in [9.17, 15) is 10.4 Å². The summed E-state index contributed by atoms with van der Waals surface area (Å²) in [5, 5.41) is 25.7. The second-order valence-corrected chi connectivity index (χ2v) is 7.07. The Morgan fingerprint density at radius 2 is 1.72 bits per heavy atom. The summed E-state index contributed by atoms with van der Waals surface area (Å²) in [4.78, 5) is 8.83. The molecule has 0 aromatic carbocycles. The lowest BCUT2D eigenvalue weighted by molar-refractivity contribution is 0.0681. The predicted molar refractivity (Wildman–Crippen MR) is 95.3 cm³/mol. The molecule has 2 fully saturated rings. The number of methoxy groups -OCH3 is 1. The maximum Gasteiger partial charge on any atom is 0.224 e. The molecule has 3 N–H and O–H groups in total. The largest absolute Gasteiger partial charge is 0.393 e. The summed E-state index contributed by atoms with van der Waals surface area (Å²) >= 11 is 0. The molecule has 0 bridgehead atoms. The number of rotatable bonds is 5. The average molecular weight is 345 g/mol. The van der Waals surface area contributed by atoms with Crippen LogP contribution >= 0.6 is 0 Å². The molecule has 1 heterocycles. The number of hydrogen-bond acceptors (Lipinski definition) is 7. The fraction of sp³-hybridized carbons (Fsp3) is 0.722. The summed E-state index contributed by atoms with van der Waals surface area (Å²) < 4.78 is 5.41. The molecule has 1 aromatic rings. The van der Waals surface area contributed by atoms with Crippen molar-refractivity contribution in [3.05, 3.63) is 11.8 Å². The Kier molecular flexibility index (Phi) is 6.05. The van der Waals surface area contributed by atoms with Crippen LogP contribution in [-0.2, 0) is 4.74 Å². The first-order valence-corrected chi connectivity index (χ1v) is 9.19. The van der Waals surface area contributed by atoms with Crippen LogP contribution < -0.4 is 10.6 Å². The highest BCUT2D eigenvalue weighted by Crippen LogP contribution is 2.25. The van der Waals surface area contributed by atoms with Gasteiger partial charge in [0.1, 0.15) is 17.5 Å². The Balaban J connectivity index is 1.62. The summed E-state index contributed by atoms with van der Waals surface area (Å²) in [5.74, 6) is 1.16. The highest BCUT2D eigenvalue weighted by atomic mass is 16.5. The van der Waals surface area contributed by atoms with E-state index in [1.165, 1.54) is 0 Å². The number of aliphatic hydroxyl groups is 1. The van der Waals surface area contributed by atoms with Crippen molar-refractivity contribution in [1.82, 2.24) is 9.97 Å². The Labute approximate surface area is 148 Å². The minimum atomic E-state index is -0.196. The van der Waals surface area contributed by atoms with Crippen LogP contribution in [0.4, 0.5) is 11.8 Å². The summed E-state index contributed by atoms with van der Waals surface area (Å²) in [5.41, 5.74) is 0.458. The third-order valence-electron chi connectivity index (χ3n) is 5.29. The zero-order valence-corrected chi connectivity index (χ0v) is 14.7. The number of nitriles is 1. The van der Waals surface area contributed by atoms with Gasteiger partial charge < -0.3 is 20.5 Å². The van der Waals surface area contributed by atoms with E-state index in [1.54, 1.807) is 13.3 Å². The smallest absolute Gasteiger partial charge is 0.224 e. The average Bonchev–Trinajstić information content (AvgIpc) is 2.64. The Hall–Kier alpha value is -1.91. The molecule has 0 unspecified atom stereocenters. The predicted octanol–water partition coefficient (Wildman–Crippen LogP) is 2.43. The summed E-state index contributed by atoms with van der Waals surface area (Å²) in [6, 6.07) is 2.75. The normalized spacial score (nSPS) is 29.6. The molecule has 0 spiro atoms. The molecule has 136 valence electrons. The van der Waals surface area contributed by atoms with Crippen LogP contribution in [0.25, 0.3) is 0 Å². The topological polar surface area (TPSA) is 103 Å². The fourth-order valence-corrected chi connectivity index (χ4v) is 3.68. The van der Waals surface area contributed by atoms with E-state index >= 15 is 0 Å². The third kappa shape index (κ3) is 4.80. The molecule has 2 aliphatic carbocycles. The van der Waals surface area contributed by atoms with Crippen LogP contribution in [0.1, 0.15) is 56.9 Å². The first kappa shape index (κ1) is 17.9. The zero-order valence-electron chi connectivity index (χ0n) is 14.7. The van der Waals surface area contributed by atoms with Crippen LogP contribution in [0.5, 0.6) is 0 Å². The molecule has 2 aliphatic rings. The third-order valence-corrected chi connectivity index (χ3v) is 5.29. The van der Waals surface area contributed by atoms with E-state index in [4.69, 9.17) is 4.74 Å². The minimum absolute atomic E-state index is 0.196. The standard InChI is InChI=1S/C18H27N5O2/c1-25-16-8-4-14(5-9-16)22-18-20-11-12(10-19)17(23-18)21-13-2-6-15(24)7-3-13/h11,13-16,24H,2-9H2,1H3,(H2,20,21,22,23)/t13-,14-,15-,16-. The molecule has 0 radical (unpaired) electrons. The van der Waals surface area contributed by atoms with E-state index in [1.807, 2.05) is 0 Å². The fourth-order valence-electron chi connectivity index (χ4n) is 3.68. The van der Waals surface area contributed by atoms with E-state index in [0.717, 1.165) is 51.4 Å². The Morgan fingerprint density at radius 1 is 1.08 bits per heavy atom. The SMILES string of the molecule is CO[C@H]1CC[C@H](Nc2ncc(C#N)c(N[C@H]3CC[C@H](O)CC3)n2)CC1. The number of aliphatic hydroxyl groups excluding tert-OH is 1. The quantitative estimate of drug-likeness (QED) is 0.753. The molecule has 1 aromatic heterocycles. The highest BCUT2D eigenvalue weighted by molar-refractivity contribution is 5.54. The van der Waals surface area contributed by atoms with Gasteiger partial charge in [0.2, 0.25) is 5.95 Å². The van der Waals surface area contributed by atoms with Crippen molar-refractivity contribution >= 4 is 11.8 Å². The lowest BCUT2D eigenvalue weighted by atomic mass is 9.93. The van der Waals surface area contributed by atoms with Crippen molar-refractivity contribution in [2.24, 2.45) is 0 Å². The number of ether oxygens (including phenoxy) is 1. The molecule has 0 saturated heterocycles. The number of aromatic nitrogens is 2. The summed E-state index contributed by atoms with van der Waals surface area (Å²) in [6.45, 7) is 0. The summed E-state index contributed by atoms with van der Waals surface area (Å²) in [6.07, 6.45) is 9.25. The minimum Gasteiger partial charge on any atom is -0.393 e. The zero-order chi connectivity index (χ0) is 17.6. The van der Waals surface area contributed by atoms with Gasteiger partial charge in [-0.15, -0.1) is 0 Å². The Morgan fingerprint density at radius 3 is 2.36 bits per heavy atom. The van der Waals surface area contributed by atoms with Gasteiger partial charge in [-0.1, -0.05) is 0 Å². The van der Waals surface area contributed by atoms with Crippen LogP contribution in [0.15, 0.2) is 6.20 Å². The molecule has 25 heavy (non-hydrogen) atoms.